The van der Waals surface area contributed by atoms with Crippen LogP contribution < -0.4 is 14.4 Å². The minimum absolute atomic E-state index is 0.0106. The zero-order valence-corrected chi connectivity index (χ0v) is 20.2. The zero-order valence-electron chi connectivity index (χ0n) is 18.6. The number of hydrogen-bond acceptors (Lipinski definition) is 5. The van der Waals surface area contributed by atoms with Gasteiger partial charge in [0.25, 0.3) is 15.9 Å². The number of amides is 1. The fourth-order valence-electron chi connectivity index (χ4n) is 3.19. The Morgan fingerprint density at radius 2 is 1.79 bits per heavy atom. The number of Topliss-reactive ketones (excluding diaryl/α,β-unsaturated/α-hetero) is 1. The van der Waals surface area contributed by atoms with Crippen LogP contribution in [-0.4, -0.2) is 33.8 Å². The summed E-state index contributed by atoms with van der Waals surface area (Å²) in [7, 11) is -2.54. The molecule has 0 radical (unpaired) electrons. The van der Waals surface area contributed by atoms with Crippen molar-refractivity contribution in [3.8, 4) is 5.75 Å². The van der Waals surface area contributed by atoms with Crippen molar-refractivity contribution in [3.63, 3.8) is 0 Å². The van der Waals surface area contributed by atoms with Crippen LogP contribution in [0.3, 0.4) is 0 Å². The third kappa shape index (κ3) is 5.47. The van der Waals surface area contributed by atoms with E-state index in [2.05, 4.69) is 11.9 Å². The summed E-state index contributed by atoms with van der Waals surface area (Å²) in [6.07, 6.45) is 1.47. The first kappa shape index (κ1) is 25.0. The number of methoxy groups -OCH3 is 1. The highest BCUT2D eigenvalue weighted by molar-refractivity contribution is 7.92. The van der Waals surface area contributed by atoms with Gasteiger partial charge in [0.05, 0.1) is 34.8 Å². The molecule has 0 bridgehead atoms. The Balaban J connectivity index is 1.96. The number of ketones is 1. The molecule has 0 atom stereocenters. The summed E-state index contributed by atoms with van der Waals surface area (Å²) in [6.45, 7) is 5.08. The number of hydrogen-bond donors (Lipinski definition) is 1. The van der Waals surface area contributed by atoms with Crippen molar-refractivity contribution in [2.24, 2.45) is 0 Å². The number of ether oxygens (including phenoxy) is 1. The fraction of sp³-hybridized carbons (Fsp3) is 0.120. The molecular formula is C25H23ClN2O5S. The van der Waals surface area contributed by atoms with Crippen molar-refractivity contribution in [2.75, 3.05) is 23.3 Å². The molecule has 0 aromatic heterocycles. The fourth-order valence-corrected chi connectivity index (χ4v) is 4.85. The number of nitrogens with one attached hydrogen (secondary N) is 1. The van der Waals surface area contributed by atoms with Gasteiger partial charge in [0, 0.05) is 11.3 Å². The van der Waals surface area contributed by atoms with E-state index in [-0.39, 0.29) is 27.8 Å². The highest BCUT2D eigenvalue weighted by Gasteiger charge is 2.26. The van der Waals surface area contributed by atoms with Gasteiger partial charge in [-0.1, -0.05) is 29.8 Å². The Bertz CT molecular complexity index is 1340. The third-order valence-electron chi connectivity index (χ3n) is 4.95. The lowest BCUT2D eigenvalue weighted by Gasteiger charge is -2.23. The number of carbonyl (C=O) groups excluding carboxylic acids is 2. The highest BCUT2D eigenvalue weighted by atomic mass is 35.5. The maximum absolute atomic E-state index is 13.5. The monoisotopic (exact) mass is 498 g/mol. The van der Waals surface area contributed by atoms with Gasteiger partial charge in [-0.3, -0.25) is 13.9 Å². The van der Waals surface area contributed by atoms with Gasteiger partial charge < -0.3 is 10.1 Å². The average molecular weight is 499 g/mol. The van der Waals surface area contributed by atoms with Crippen LogP contribution in [0.25, 0.3) is 0 Å². The molecule has 7 nitrogen and oxygen atoms in total. The number of nitrogens with zero attached hydrogens (tertiary/aromatic N) is 1. The Hall–Kier alpha value is -3.62. The van der Waals surface area contributed by atoms with E-state index in [9.17, 15) is 18.0 Å². The summed E-state index contributed by atoms with van der Waals surface area (Å²) in [5, 5.41) is 2.74. The second-order valence-corrected chi connectivity index (χ2v) is 9.53. The Morgan fingerprint density at radius 3 is 2.41 bits per heavy atom. The van der Waals surface area contributed by atoms with Crippen LogP contribution in [0, 0.1) is 0 Å². The second kappa shape index (κ2) is 10.5. The number of carbonyl (C=O) groups is 2. The van der Waals surface area contributed by atoms with E-state index in [0.29, 0.717) is 22.7 Å². The largest absolute Gasteiger partial charge is 0.497 e. The van der Waals surface area contributed by atoms with E-state index in [1.165, 1.54) is 48.7 Å². The van der Waals surface area contributed by atoms with E-state index in [1.807, 2.05) is 0 Å². The van der Waals surface area contributed by atoms with Crippen molar-refractivity contribution >= 4 is 44.7 Å². The van der Waals surface area contributed by atoms with Gasteiger partial charge >= 0.3 is 0 Å². The smallest absolute Gasteiger partial charge is 0.264 e. The van der Waals surface area contributed by atoms with E-state index < -0.39 is 15.9 Å². The molecule has 0 aliphatic heterocycles. The van der Waals surface area contributed by atoms with Crippen molar-refractivity contribution in [3.05, 3.63) is 95.5 Å². The molecule has 176 valence electrons. The lowest BCUT2D eigenvalue weighted by molar-refractivity contribution is 0.101. The molecule has 0 heterocycles. The van der Waals surface area contributed by atoms with Crippen molar-refractivity contribution in [1.82, 2.24) is 0 Å². The highest BCUT2D eigenvalue weighted by Crippen LogP contribution is 2.28. The molecule has 0 fully saturated rings. The van der Waals surface area contributed by atoms with Gasteiger partial charge in [-0.15, -0.1) is 6.58 Å². The summed E-state index contributed by atoms with van der Waals surface area (Å²) in [5.74, 6) is -0.176. The van der Waals surface area contributed by atoms with Crippen molar-refractivity contribution in [1.29, 1.82) is 0 Å². The summed E-state index contributed by atoms with van der Waals surface area (Å²) in [4.78, 5) is 24.4. The lowest BCUT2D eigenvalue weighted by atomic mass is 10.1. The first-order valence-corrected chi connectivity index (χ1v) is 12.0. The first-order valence-electron chi connectivity index (χ1n) is 10.2. The second-order valence-electron chi connectivity index (χ2n) is 7.26. The Labute approximate surface area is 203 Å². The molecular weight excluding hydrogens is 476 g/mol. The van der Waals surface area contributed by atoms with E-state index in [1.54, 1.807) is 42.5 Å². The first-order chi connectivity index (χ1) is 16.2. The minimum atomic E-state index is -4.06. The van der Waals surface area contributed by atoms with E-state index in [0.717, 1.165) is 0 Å². The summed E-state index contributed by atoms with van der Waals surface area (Å²) < 4.78 is 33.3. The molecule has 9 heteroatoms. The molecule has 0 saturated heterocycles. The van der Waals surface area contributed by atoms with Crippen LogP contribution >= 0.6 is 11.6 Å². The van der Waals surface area contributed by atoms with Gasteiger partial charge in [0.2, 0.25) is 0 Å². The van der Waals surface area contributed by atoms with E-state index >= 15 is 0 Å². The van der Waals surface area contributed by atoms with Crippen LogP contribution in [0.4, 0.5) is 11.4 Å². The van der Waals surface area contributed by atoms with E-state index in [4.69, 9.17) is 16.3 Å². The number of halogens is 1. The topological polar surface area (TPSA) is 92.8 Å². The van der Waals surface area contributed by atoms with Gasteiger partial charge in [0.15, 0.2) is 5.78 Å². The normalized spacial score (nSPS) is 10.9. The molecule has 3 aromatic carbocycles. The Kier molecular flexibility index (Phi) is 7.75. The van der Waals surface area contributed by atoms with Crippen molar-refractivity contribution < 1.29 is 22.7 Å². The summed E-state index contributed by atoms with van der Waals surface area (Å²) >= 11 is 6.23. The Morgan fingerprint density at radius 1 is 1.09 bits per heavy atom. The molecule has 0 saturated carbocycles. The number of benzene rings is 3. The standard InChI is InChI=1S/C25H23ClN2O5S/c1-4-14-28(20-8-10-21(33-3)11-9-20)34(31,32)22-12-13-24(26)23(16-22)25(30)27-19-7-5-6-18(15-19)17(2)29/h4-13,15-16H,1,14H2,2-3H3,(H,27,30). The maximum Gasteiger partial charge on any atom is 0.264 e. The molecule has 3 aromatic rings. The molecule has 0 aliphatic rings. The molecule has 1 N–H and O–H groups in total. The lowest BCUT2D eigenvalue weighted by Crippen LogP contribution is -2.31. The summed E-state index contributed by atoms with van der Waals surface area (Å²) in [6, 6.07) is 16.9. The number of rotatable bonds is 9. The molecule has 34 heavy (non-hydrogen) atoms. The van der Waals surface area contributed by atoms with Crippen LogP contribution in [0.2, 0.25) is 5.02 Å². The van der Waals surface area contributed by atoms with Crippen molar-refractivity contribution in [2.45, 2.75) is 11.8 Å². The van der Waals surface area contributed by atoms with Crippen LogP contribution in [0.1, 0.15) is 27.6 Å². The molecule has 0 spiro atoms. The van der Waals surface area contributed by atoms with Crippen LogP contribution in [0.15, 0.2) is 84.3 Å². The molecule has 0 aliphatic carbocycles. The van der Waals surface area contributed by atoms with Crippen LogP contribution in [0.5, 0.6) is 5.75 Å². The van der Waals surface area contributed by atoms with Gasteiger partial charge in [-0.25, -0.2) is 8.42 Å². The maximum atomic E-state index is 13.5. The third-order valence-corrected chi connectivity index (χ3v) is 7.07. The zero-order chi connectivity index (χ0) is 24.9. The average Bonchev–Trinajstić information content (AvgIpc) is 2.82. The van der Waals surface area contributed by atoms with Gasteiger partial charge in [-0.2, -0.15) is 0 Å². The quantitative estimate of drug-likeness (QED) is 0.324. The predicted octanol–water partition coefficient (Wildman–Crippen LogP) is 5.18. The number of sulfonamides is 1. The van der Waals surface area contributed by atoms with Crippen LogP contribution in [-0.2, 0) is 10.0 Å². The predicted molar refractivity (Wildman–Crippen MR) is 134 cm³/mol. The number of anilines is 2. The SMILES string of the molecule is C=CCN(c1ccc(OC)cc1)S(=O)(=O)c1ccc(Cl)c(C(=O)Nc2cccc(C(C)=O)c2)c1. The van der Waals surface area contributed by atoms with Gasteiger partial charge in [0.1, 0.15) is 5.75 Å². The molecule has 0 unspecified atom stereocenters. The van der Waals surface area contributed by atoms with Gasteiger partial charge in [-0.05, 0) is 61.5 Å². The minimum Gasteiger partial charge on any atom is -0.497 e. The molecule has 3 rings (SSSR count). The summed E-state index contributed by atoms with van der Waals surface area (Å²) in [5.41, 5.74) is 1.19. The molecule has 1 amide bonds.